The molecule has 0 bridgehead atoms. The van der Waals surface area contributed by atoms with Crippen LogP contribution in [0.1, 0.15) is 20.8 Å². The first-order valence-electron chi connectivity index (χ1n) is 9.28. The van der Waals surface area contributed by atoms with Gasteiger partial charge >= 0.3 is 5.69 Å². The fraction of sp³-hybridized carbons (Fsp3) is 0.273. The molecule has 0 radical (unpaired) electrons. The van der Waals surface area contributed by atoms with Crippen molar-refractivity contribution in [1.82, 2.24) is 4.98 Å². The molecule has 1 N–H and O–H groups in total. The van der Waals surface area contributed by atoms with Crippen LogP contribution in [0.3, 0.4) is 0 Å². The van der Waals surface area contributed by atoms with Gasteiger partial charge in [-0.05, 0) is 17.7 Å². The number of benzene rings is 2. The summed E-state index contributed by atoms with van der Waals surface area (Å²) in [5, 5.41) is 15.0. The van der Waals surface area contributed by atoms with E-state index in [2.05, 4.69) is 10.3 Å². The molecule has 0 aliphatic heterocycles. The number of hydrogen-bond donors (Lipinski definition) is 1. The van der Waals surface area contributed by atoms with Crippen molar-refractivity contribution < 1.29 is 19.2 Å². The van der Waals surface area contributed by atoms with Crippen molar-refractivity contribution in [1.29, 1.82) is 0 Å². The van der Waals surface area contributed by atoms with Gasteiger partial charge in [-0.1, -0.05) is 39.0 Å². The average molecular weight is 409 g/mol. The van der Waals surface area contributed by atoms with Crippen LogP contribution >= 0.6 is 0 Å². The standard InChI is InChI=1S/C22H23N3O5/c1-22(2,3)21(26)24-15-9-7-6-8-13(15)14-10-11-23-19-18(14)17(29-4)12-16(25(27)28)20(19)30-5/h6-12H,1-5H3,(H,24,26). The predicted molar refractivity (Wildman–Crippen MR) is 115 cm³/mol. The summed E-state index contributed by atoms with van der Waals surface area (Å²) in [5.74, 6) is 0.208. The Morgan fingerprint density at radius 3 is 2.40 bits per heavy atom. The number of hydrogen-bond acceptors (Lipinski definition) is 6. The Morgan fingerprint density at radius 2 is 1.80 bits per heavy atom. The summed E-state index contributed by atoms with van der Waals surface area (Å²) in [6.07, 6.45) is 1.55. The van der Waals surface area contributed by atoms with E-state index in [9.17, 15) is 14.9 Å². The lowest BCUT2D eigenvalue weighted by atomic mass is 9.94. The number of anilines is 1. The molecule has 156 valence electrons. The summed E-state index contributed by atoms with van der Waals surface area (Å²) in [6.45, 7) is 5.50. The molecule has 0 spiro atoms. The monoisotopic (exact) mass is 409 g/mol. The number of amides is 1. The second kappa shape index (κ2) is 7.98. The molecule has 3 rings (SSSR count). The lowest BCUT2D eigenvalue weighted by molar-refractivity contribution is -0.385. The number of nitro benzene ring substituents is 1. The van der Waals surface area contributed by atoms with Gasteiger partial charge in [-0.2, -0.15) is 0 Å². The van der Waals surface area contributed by atoms with Gasteiger partial charge in [0.15, 0.2) is 0 Å². The zero-order valence-corrected chi connectivity index (χ0v) is 17.5. The maximum Gasteiger partial charge on any atom is 0.316 e. The molecule has 0 aliphatic carbocycles. The molecule has 3 aromatic rings. The minimum Gasteiger partial charge on any atom is -0.496 e. The zero-order valence-electron chi connectivity index (χ0n) is 17.5. The number of ether oxygens (including phenoxy) is 2. The Morgan fingerprint density at radius 1 is 1.10 bits per heavy atom. The molecule has 2 aromatic carbocycles. The van der Waals surface area contributed by atoms with Crippen molar-refractivity contribution in [2.24, 2.45) is 5.41 Å². The van der Waals surface area contributed by atoms with Crippen LogP contribution in [0, 0.1) is 15.5 Å². The van der Waals surface area contributed by atoms with Crippen LogP contribution in [-0.4, -0.2) is 30.0 Å². The van der Waals surface area contributed by atoms with Gasteiger partial charge in [-0.3, -0.25) is 19.9 Å². The van der Waals surface area contributed by atoms with Crippen molar-refractivity contribution in [3.8, 4) is 22.6 Å². The third-order valence-corrected chi connectivity index (χ3v) is 4.68. The van der Waals surface area contributed by atoms with E-state index in [0.29, 0.717) is 22.2 Å². The molecular weight excluding hydrogens is 386 g/mol. The molecular formula is C22H23N3O5. The van der Waals surface area contributed by atoms with Gasteiger partial charge in [0.05, 0.1) is 30.6 Å². The first-order valence-corrected chi connectivity index (χ1v) is 9.28. The third-order valence-electron chi connectivity index (χ3n) is 4.68. The largest absolute Gasteiger partial charge is 0.496 e. The van der Waals surface area contributed by atoms with Crippen LogP contribution in [0.15, 0.2) is 42.6 Å². The Labute approximate surface area is 174 Å². The van der Waals surface area contributed by atoms with E-state index in [4.69, 9.17) is 9.47 Å². The lowest BCUT2D eigenvalue weighted by Gasteiger charge is -2.20. The lowest BCUT2D eigenvalue weighted by Crippen LogP contribution is -2.27. The molecule has 30 heavy (non-hydrogen) atoms. The van der Waals surface area contributed by atoms with Crippen molar-refractivity contribution in [2.75, 3.05) is 19.5 Å². The predicted octanol–water partition coefficient (Wildman–Crippen LogP) is 4.81. The van der Waals surface area contributed by atoms with Gasteiger partial charge in [0.2, 0.25) is 11.7 Å². The van der Waals surface area contributed by atoms with E-state index in [1.165, 1.54) is 20.3 Å². The van der Waals surface area contributed by atoms with Crippen molar-refractivity contribution in [3.63, 3.8) is 0 Å². The van der Waals surface area contributed by atoms with Gasteiger partial charge in [0.25, 0.3) is 0 Å². The molecule has 0 unspecified atom stereocenters. The van der Waals surface area contributed by atoms with Gasteiger partial charge in [-0.25, -0.2) is 0 Å². The Kier molecular flexibility index (Phi) is 5.60. The second-order valence-electron chi connectivity index (χ2n) is 7.72. The summed E-state index contributed by atoms with van der Waals surface area (Å²) in [7, 11) is 2.80. The number of nitrogens with one attached hydrogen (secondary N) is 1. The number of nitro groups is 1. The van der Waals surface area contributed by atoms with E-state index >= 15 is 0 Å². The van der Waals surface area contributed by atoms with E-state index in [1.807, 2.05) is 39.0 Å². The normalized spacial score (nSPS) is 11.2. The van der Waals surface area contributed by atoms with E-state index in [1.54, 1.807) is 18.3 Å². The molecule has 0 saturated heterocycles. The Bertz CT molecular complexity index is 1140. The number of fused-ring (bicyclic) bond motifs is 1. The third kappa shape index (κ3) is 3.76. The highest BCUT2D eigenvalue weighted by Crippen LogP contribution is 2.45. The molecule has 1 amide bonds. The highest BCUT2D eigenvalue weighted by molar-refractivity contribution is 6.07. The van der Waals surface area contributed by atoms with Crippen LogP contribution in [0.4, 0.5) is 11.4 Å². The van der Waals surface area contributed by atoms with Crippen molar-refractivity contribution in [2.45, 2.75) is 20.8 Å². The van der Waals surface area contributed by atoms with Crippen LogP contribution in [0.2, 0.25) is 0 Å². The Balaban J connectivity index is 2.31. The van der Waals surface area contributed by atoms with Crippen LogP contribution in [0.25, 0.3) is 22.0 Å². The number of para-hydroxylation sites is 1. The van der Waals surface area contributed by atoms with Gasteiger partial charge in [-0.15, -0.1) is 0 Å². The fourth-order valence-electron chi connectivity index (χ4n) is 3.13. The number of nitrogens with zero attached hydrogens (tertiary/aromatic N) is 2. The molecule has 1 heterocycles. The average Bonchev–Trinajstić information content (AvgIpc) is 2.71. The molecule has 8 nitrogen and oxygen atoms in total. The minimum absolute atomic E-state index is 0.0499. The maximum atomic E-state index is 12.6. The molecule has 0 atom stereocenters. The number of carbonyl (C=O) groups is 1. The summed E-state index contributed by atoms with van der Waals surface area (Å²) in [6, 6.07) is 10.4. The molecule has 1 aromatic heterocycles. The van der Waals surface area contributed by atoms with Gasteiger partial charge in [0.1, 0.15) is 11.3 Å². The summed E-state index contributed by atoms with van der Waals surface area (Å²) in [4.78, 5) is 27.9. The molecule has 0 fully saturated rings. The number of aromatic nitrogens is 1. The van der Waals surface area contributed by atoms with Gasteiger partial charge < -0.3 is 14.8 Å². The highest BCUT2D eigenvalue weighted by atomic mass is 16.6. The number of carbonyl (C=O) groups excluding carboxylic acids is 1. The van der Waals surface area contributed by atoms with Crippen LogP contribution < -0.4 is 14.8 Å². The quantitative estimate of drug-likeness (QED) is 0.479. The molecule has 0 saturated carbocycles. The smallest absolute Gasteiger partial charge is 0.316 e. The van der Waals surface area contributed by atoms with Gasteiger partial charge in [0, 0.05) is 22.9 Å². The summed E-state index contributed by atoms with van der Waals surface area (Å²) >= 11 is 0. The van der Waals surface area contributed by atoms with E-state index < -0.39 is 10.3 Å². The first-order chi connectivity index (χ1) is 14.2. The van der Waals surface area contributed by atoms with Crippen LogP contribution in [0.5, 0.6) is 11.5 Å². The SMILES string of the molecule is COc1c([N+](=O)[O-])cc(OC)c2c(-c3ccccc3NC(=O)C(C)(C)C)ccnc12. The van der Waals surface area contributed by atoms with Crippen LogP contribution in [-0.2, 0) is 4.79 Å². The minimum atomic E-state index is -0.574. The Hall–Kier alpha value is -3.68. The maximum absolute atomic E-state index is 12.6. The van der Waals surface area contributed by atoms with E-state index in [-0.39, 0.29) is 23.1 Å². The highest BCUT2D eigenvalue weighted by Gasteiger charge is 2.26. The number of rotatable bonds is 5. The first kappa shape index (κ1) is 21.0. The molecule has 0 aliphatic rings. The summed E-state index contributed by atoms with van der Waals surface area (Å²) in [5.41, 5.74) is 1.55. The van der Waals surface area contributed by atoms with E-state index in [0.717, 1.165) is 5.56 Å². The molecule has 8 heteroatoms. The number of pyridine rings is 1. The topological polar surface area (TPSA) is 104 Å². The zero-order chi connectivity index (χ0) is 22.1. The fourth-order valence-corrected chi connectivity index (χ4v) is 3.13. The van der Waals surface area contributed by atoms with Crippen molar-refractivity contribution >= 4 is 28.2 Å². The number of methoxy groups -OCH3 is 2. The summed E-state index contributed by atoms with van der Waals surface area (Å²) < 4.78 is 10.8. The van der Waals surface area contributed by atoms with Crippen molar-refractivity contribution in [3.05, 3.63) is 52.7 Å². The second-order valence-corrected chi connectivity index (χ2v) is 7.72.